The summed E-state index contributed by atoms with van der Waals surface area (Å²) in [6, 6.07) is 25.2. The quantitative estimate of drug-likeness (QED) is 0.137. The maximum atomic E-state index is 13.6. The van der Waals surface area contributed by atoms with E-state index in [1.165, 1.54) is 53.2 Å². The van der Waals surface area contributed by atoms with Crippen molar-refractivity contribution < 1.29 is 24.4 Å². The summed E-state index contributed by atoms with van der Waals surface area (Å²) in [5.74, 6) is -1.37. The molecular formula is C29H17N5O6. The van der Waals surface area contributed by atoms with Crippen LogP contribution in [0.2, 0.25) is 0 Å². The maximum absolute atomic E-state index is 13.6. The predicted octanol–water partition coefficient (Wildman–Crippen LogP) is 5.41. The van der Waals surface area contributed by atoms with Gasteiger partial charge in [-0.05, 0) is 42.5 Å². The normalized spacial score (nSPS) is 13.9. The number of aromatic nitrogens is 3. The lowest BCUT2D eigenvalue weighted by molar-refractivity contribution is -0.385. The van der Waals surface area contributed by atoms with Gasteiger partial charge < -0.3 is 9.84 Å². The van der Waals surface area contributed by atoms with Gasteiger partial charge in [0, 0.05) is 17.2 Å². The summed E-state index contributed by atoms with van der Waals surface area (Å²) in [6.45, 7) is 0. The zero-order chi connectivity index (χ0) is 27.8. The topological polar surface area (TPSA) is 150 Å². The number of carbonyl (C=O) groups excluding carboxylic acids is 2. The number of nitro groups is 1. The van der Waals surface area contributed by atoms with Crippen LogP contribution in [0.1, 0.15) is 26.3 Å². The minimum Gasteiger partial charge on any atom is -0.505 e. The number of carbonyl (C=O) groups is 2. The summed E-state index contributed by atoms with van der Waals surface area (Å²) in [4.78, 5) is 41.3. The van der Waals surface area contributed by atoms with Crippen LogP contribution in [0.4, 0.5) is 11.4 Å². The second-order valence-electron chi connectivity index (χ2n) is 8.68. The lowest BCUT2D eigenvalue weighted by atomic mass is 9.91. The number of nitrogens with zero attached hydrogens (tertiary/aromatic N) is 5. The Morgan fingerprint density at radius 2 is 1.57 bits per heavy atom. The Kier molecular flexibility index (Phi) is 5.93. The number of hydrogen-bond acceptors (Lipinski definition) is 9. The van der Waals surface area contributed by atoms with E-state index < -0.39 is 16.7 Å². The summed E-state index contributed by atoms with van der Waals surface area (Å²) in [5.41, 5.74) is 1.54. The van der Waals surface area contributed by atoms with Gasteiger partial charge in [0.1, 0.15) is 28.2 Å². The molecule has 11 nitrogen and oxygen atoms in total. The number of aliphatic hydroxyl groups excluding tert-OH is 1. The van der Waals surface area contributed by atoms with E-state index >= 15 is 0 Å². The van der Waals surface area contributed by atoms with Crippen LogP contribution in [0.3, 0.4) is 0 Å². The highest BCUT2D eigenvalue weighted by molar-refractivity contribution is 6.62. The number of nitro benzene ring substituents is 1. The molecule has 4 aromatic carbocycles. The third kappa shape index (κ3) is 4.17. The number of hydrogen-bond donors (Lipinski definition) is 1. The fourth-order valence-electron chi connectivity index (χ4n) is 4.39. The summed E-state index contributed by atoms with van der Waals surface area (Å²) in [7, 11) is 0. The molecule has 5 aromatic rings. The van der Waals surface area contributed by atoms with E-state index in [9.17, 15) is 24.8 Å². The number of aliphatic imine (C=N–C) groups is 1. The number of allylic oxidation sites excluding steroid dienone is 1. The van der Waals surface area contributed by atoms with Crippen molar-refractivity contribution in [1.29, 1.82) is 0 Å². The van der Waals surface area contributed by atoms with Gasteiger partial charge in [-0.3, -0.25) is 14.9 Å². The van der Waals surface area contributed by atoms with Crippen molar-refractivity contribution in [2.45, 2.75) is 0 Å². The fourth-order valence-corrected chi connectivity index (χ4v) is 4.39. The van der Waals surface area contributed by atoms with Crippen LogP contribution in [-0.4, -0.2) is 42.5 Å². The Hall–Kier alpha value is -5.97. The molecule has 6 rings (SSSR count). The molecule has 194 valence electrons. The number of aliphatic hydroxyl groups is 1. The molecule has 0 radical (unpaired) electrons. The van der Waals surface area contributed by atoms with Gasteiger partial charge in [0.2, 0.25) is 5.78 Å². The molecule has 1 aromatic heterocycles. The first-order valence-electron chi connectivity index (χ1n) is 12.0. The van der Waals surface area contributed by atoms with Gasteiger partial charge in [-0.15, -0.1) is 5.10 Å². The molecular weight excluding hydrogens is 514 g/mol. The lowest BCUT2D eigenvalue weighted by Crippen LogP contribution is -2.27. The number of esters is 1. The van der Waals surface area contributed by atoms with Crippen LogP contribution in [0.5, 0.6) is 5.75 Å². The van der Waals surface area contributed by atoms with E-state index in [0.717, 1.165) is 0 Å². The van der Waals surface area contributed by atoms with Crippen LogP contribution >= 0.6 is 0 Å². The number of para-hydroxylation sites is 2. The van der Waals surface area contributed by atoms with Crippen molar-refractivity contribution in [1.82, 2.24) is 15.0 Å². The highest BCUT2D eigenvalue weighted by Crippen LogP contribution is 2.33. The van der Waals surface area contributed by atoms with Crippen molar-refractivity contribution in [2.24, 2.45) is 4.99 Å². The Labute approximate surface area is 225 Å². The predicted molar refractivity (Wildman–Crippen MR) is 146 cm³/mol. The highest BCUT2D eigenvalue weighted by Gasteiger charge is 2.33. The Morgan fingerprint density at radius 1 is 0.900 bits per heavy atom. The van der Waals surface area contributed by atoms with E-state index in [1.807, 2.05) is 0 Å². The SMILES string of the molecule is O=C1C(=Nc2ccc(OC(=O)c3ccccc3[N+](=O)[O-])cc2)C(n2nnc3ccccc32)=C(O)c2ccccc21. The van der Waals surface area contributed by atoms with Gasteiger partial charge in [0.25, 0.3) is 5.69 Å². The molecule has 0 unspecified atom stereocenters. The highest BCUT2D eigenvalue weighted by atomic mass is 16.6. The molecule has 1 heterocycles. The molecule has 11 heteroatoms. The second-order valence-corrected chi connectivity index (χ2v) is 8.68. The van der Waals surface area contributed by atoms with Crippen LogP contribution in [0, 0.1) is 10.1 Å². The largest absolute Gasteiger partial charge is 0.505 e. The van der Waals surface area contributed by atoms with E-state index in [2.05, 4.69) is 15.3 Å². The molecule has 0 saturated carbocycles. The first-order valence-corrected chi connectivity index (χ1v) is 12.0. The molecule has 1 aliphatic carbocycles. The van der Waals surface area contributed by atoms with Crippen molar-refractivity contribution in [2.75, 3.05) is 0 Å². The standard InChI is InChI=1S/C29H17N5O6/c35-27-19-7-1-2-8-20(19)28(36)26(33-24-12-6-4-10-22(24)31-32-33)25(27)30-17-13-15-18(16-14-17)40-29(37)21-9-3-5-11-23(21)34(38)39/h1-16,36H. The van der Waals surface area contributed by atoms with Crippen LogP contribution in [-0.2, 0) is 0 Å². The molecule has 0 spiro atoms. The van der Waals surface area contributed by atoms with Gasteiger partial charge in [-0.2, -0.15) is 0 Å². The van der Waals surface area contributed by atoms with Gasteiger partial charge in [-0.25, -0.2) is 14.5 Å². The zero-order valence-corrected chi connectivity index (χ0v) is 20.5. The van der Waals surface area contributed by atoms with E-state index in [1.54, 1.807) is 48.5 Å². The summed E-state index contributed by atoms with van der Waals surface area (Å²) in [6.07, 6.45) is 0. The van der Waals surface area contributed by atoms with Crippen molar-refractivity contribution >= 4 is 51.3 Å². The van der Waals surface area contributed by atoms with E-state index in [4.69, 9.17) is 4.74 Å². The summed E-state index contributed by atoms with van der Waals surface area (Å²) in [5, 5.41) is 30.8. The molecule has 1 aliphatic rings. The molecule has 0 saturated heterocycles. The minimum atomic E-state index is -0.890. The first kappa shape index (κ1) is 24.4. The second kappa shape index (κ2) is 9.72. The van der Waals surface area contributed by atoms with Gasteiger partial charge >= 0.3 is 5.97 Å². The third-order valence-corrected chi connectivity index (χ3v) is 6.26. The molecule has 40 heavy (non-hydrogen) atoms. The number of rotatable bonds is 5. The van der Waals surface area contributed by atoms with Gasteiger partial charge in [-0.1, -0.05) is 53.7 Å². The number of ketones is 1. The molecule has 0 atom stereocenters. The average molecular weight is 531 g/mol. The molecule has 0 fully saturated rings. The average Bonchev–Trinajstić information content (AvgIpc) is 3.40. The van der Waals surface area contributed by atoms with Gasteiger partial charge in [0.15, 0.2) is 5.76 Å². The number of Topliss-reactive ketones (excluding diaryl/α,β-unsaturated/α-hetero) is 1. The molecule has 0 aliphatic heterocycles. The number of fused-ring (bicyclic) bond motifs is 2. The molecule has 1 N–H and O–H groups in total. The third-order valence-electron chi connectivity index (χ3n) is 6.26. The monoisotopic (exact) mass is 531 g/mol. The van der Waals surface area contributed by atoms with E-state index in [0.29, 0.717) is 22.3 Å². The Bertz CT molecular complexity index is 1910. The molecule has 0 bridgehead atoms. The zero-order valence-electron chi connectivity index (χ0n) is 20.5. The van der Waals surface area contributed by atoms with Crippen LogP contribution in [0.25, 0.3) is 22.5 Å². The Morgan fingerprint density at radius 3 is 2.35 bits per heavy atom. The smallest absolute Gasteiger partial charge is 0.350 e. The van der Waals surface area contributed by atoms with Crippen LogP contribution in [0.15, 0.2) is 102 Å². The lowest BCUT2D eigenvalue weighted by Gasteiger charge is -2.20. The fraction of sp³-hybridized carbons (Fsp3) is 0. The minimum absolute atomic E-state index is 0.0588. The number of benzene rings is 4. The van der Waals surface area contributed by atoms with Gasteiger partial charge in [0.05, 0.1) is 16.1 Å². The number of ether oxygens (including phenoxy) is 1. The van der Waals surface area contributed by atoms with E-state index in [-0.39, 0.29) is 39.7 Å². The first-order chi connectivity index (χ1) is 19.4. The van der Waals surface area contributed by atoms with Crippen molar-refractivity contribution in [3.05, 3.63) is 124 Å². The maximum Gasteiger partial charge on any atom is 0.350 e. The summed E-state index contributed by atoms with van der Waals surface area (Å²) >= 11 is 0. The summed E-state index contributed by atoms with van der Waals surface area (Å²) < 4.78 is 6.69. The van der Waals surface area contributed by atoms with Crippen LogP contribution < -0.4 is 4.74 Å². The van der Waals surface area contributed by atoms with Crippen molar-refractivity contribution in [3.8, 4) is 5.75 Å². The Balaban J connectivity index is 1.38. The van der Waals surface area contributed by atoms with Crippen molar-refractivity contribution in [3.63, 3.8) is 0 Å². The molecule has 0 amide bonds.